The molecule has 2 nitrogen and oxygen atoms in total. The Morgan fingerprint density at radius 1 is 1.38 bits per heavy atom. The molecule has 1 unspecified atom stereocenters. The fraction of sp³-hybridized carbons (Fsp3) is 0.333. The molecule has 90 valence electrons. The zero-order chi connectivity index (χ0) is 12.5. The van der Waals surface area contributed by atoms with Gasteiger partial charge in [-0.25, -0.2) is 4.39 Å². The Morgan fingerprint density at radius 3 is 2.38 bits per heavy atom. The van der Waals surface area contributed by atoms with E-state index in [9.17, 15) is 17.6 Å². The Bertz CT molecular complexity index is 392. The highest BCUT2D eigenvalue weighted by Crippen LogP contribution is 2.38. The van der Waals surface area contributed by atoms with Gasteiger partial charge in [0, 0.05) is 5.56 Å². The number of hydrogen-bond acceptors (Lipinski definition) is 2. The number of aliphatic hydroxyl groups is 1. The monoisotopic (exact) mass is 302 g/mol. The molecule has 1 rings (SSSR count). The summed E-state index contributed by atoms with van der Waals surface area (Å²) < 4.78 is 54.8. The van der Waals surface area contributed by atoms with E-state index in [-0.39, 0.29) is 10.2 Å². The predicted molar refractivity (Wildman–Crippen MR) is 51.7 cm³/mol. The summed E-state index contributed by atoms with van der Waals surface area (Å²) in [5.41, 5.74) is -0.868. The summed E-state index contributed by atoms with van der Waals surface area (Å²) in [6.45, 7) is 0. The molecule has 0 bridgehead atoms. The van der Waals surface area contributed by atoms with E-state index in [0.29, 0.717) is 0 Å². The van der Waals surface area contributed by atoms with Gasteiger partial charge in [-0.2, -0.15) is 13.2 Å². The van der Waals surface area contributed by atoms with Crippen molar-refractivity contribution in [3.05, 3.63) is 28.0 Å². The first-order valence-electron chi connectivity index (χ1n) is 4.05. The molecule has 0 fully saturated rings. The smallest absolute Gasteiger partial charge is 0.418 e. The number of alkyl halides is 3. The highest BCUT2D eigenvalue weighted by molar-refractivity contribution is 9.10. The van der Waals surface area contributed by atoms with Gasteiger partial charge in [0.15, 0.2) is 17.7 Å². The van der Waals surface area contributed by atoms with Crippen LogP contribution in [0.15, 0.2) is 16.6 Å². The number of aliphatic hydroxyl groups excluding tert-OH is 1. The first-order valence-corrected chi connectivity index (χ1v) is 4.85. The molecule has 0 aliphatic heterocycles. The summed E-state index contributed by atoms with van der Waals surface area (Å²) >= 11 is 2.91. The third kappa shape index (κ3) is 2.46. The summed E-state index contributed by atoms with van der Waals surface area (Å²) in [6.07, 6.45) is -7.78. The molecule has 1 aromatic carbocycles. The maximum absolute atomic E-state index is 13.5. The van der Waals surface area contributed by atoms with Crippen molar-refractivity contribution in [1.29, 1.82) is 0 Å². The zero-order valence-corrected chi connectivity index (χ0v) is 9.56. The minimum absolute atomic E-state index is 0.172. The fourth-order valence-corrected chi connectivity index (χ4v) is 1.59. The van der Waals surface area contributed by atoms with Crippen molar-refractivity contribution in [2.75, 3.05) is 7.11 Å². The molecule has 0 amide bonds. The van der Waals surface area contributed by atoms with Crippen molar-refractivity contribution >= 4 is 15.9 Å². The van der Waals surface area contributed by atoms with E-state index in [0.717, 1.165) is 13.2 Å². The van der Waals surface area contributed by atoms with Crippen LogP contribution in [0.2, 0.25) is 0 Å². The quantitative estimate of drug-likeness (QED) is 0.850. The average Bonchev–Trinajstić information content (AvgIpc) is 2.16. The number of ether oxygens (including phenoxy) is 1. The standard InChI is InChI=1S/C9H7BrF4O2/c1-16-7-5(10)3-2-4(6(7)11)8(15)9(12,13)14/h2-3,8,15H,1H3. The van der Waals surface area contributed by atoms with Crippen molar-refractivity contribution < 1.29 is 27.4 Å². The molecular weight excluding hydrogens is 296 g/mol. The van der Waals surface area contributed by atoms with Gasteiger partial charge in [-0.15, -0.1) is 0 Å². The van der Waals surface area contributed by atoms with Crippen LogP contribution >= 0.6 is 15.9 Å². The van der Waals surface area contributed by atoms with Crippen molar-refractivity contribution in [3.63, 3.8) is 0 Å². The molecule has 0 aliphatic rings. The predicted octanol–water partition coefficient (Wildman–Crippen LogP) is 3.19. The molecule has 1 atom stereocenters. The van der Waals surface area contributed by atoms with Crippen LogP contribution in [-0.2, 0) is 0 Å². The van der Waals surface area contributed by atoms with Gasteiger partial charge in [0.2, 0.25) is 0 Å². The molecule has 1 N–H and O–H groups in total. The van der Waals surface area contributed by atoms with E-state index in [2.05, 4.69) is 20.7 Å². The van der Waals surface area contributed by atoms with Gasteiger partial charge >= 0.3 is 6.18 Å². The van der Waals surface area contributed by atoms with E-state index in [1.807, 2.05) is 0 Å². The molecule has 0 aromatic heterocycles. The van der Waals surface area contributed by atoms with E-state index in [1.165, 1.54) is 6.07 Å². The zero-order valence-electron chi connectivity index (χ0n) is 7.98. The van der Waals surface area contributed by atoms with Crippen molar-refractivity contribution in [2.45, 2.75) is 12.3 Å². The van der Waals surface area contributed by atoms with Crippen LogP contribution in [0.1, 0.15) is 11.7 Å². The van der Waals surface area contributed by atoms with Crippen molar-refractivity contribution in [2.24, 2.45) is 0 Å². The number of halogens is 5. The van der Waals surface area contributed by atoms with E-state index >= 15 is 0 Å². The van der Waals surface area contributed by atoms with Gasteiger partial charge < -0.3 is 9.84 Å². The maximum atomic E-state index is 13.5. The summed E-state index contributed by atoms with van der Waals surface area (Å²) in [7, 11) is 1.12. The van der Waals surface area contributed by atoms with Crippen LogP contribution in [0.3, 0.4) is 0 Å². The average molecular weight is 303 g/mol. The van der Waals surface area contributed by atoms with Crippen LogP contribution in [0, 0.1) is 5.82 Å². The molecule has 7 heteroatoms. The Labute approximate surface area is 97.0 Å². The fourth-order valence-electron chi connectivity index (χ4n) is 1.12. The van der Waals surface area contributed by atoms with Gasteiger partial charge in [-0.05, 0) is 22.0 Å². The Kier molecular flexibility index (Phi) is 3.80. The Hall–Kier alpha value is -0.820. The van der Waals surface area contributed by atoms with E-state index < -0.39 is 23.7 Å². The summed E-state index contributed by atoms with van der Waals surface area (Å²) in [6, 6.07) is 2.02. The lowest BCUT2D eigenvalue weighted by molar-refractivity contribution is -0.207. The van der Waals surface area contributed by atoms with Crippen molar-refractivity contribution in [1.82, 2.24) is 0 Å². The minimum atomic E-state index is -4.92. The summed E-state index contributed by atoms with van der Waals surface area (Å²) in [5, 5.41) is 8.91. The van der Waals surface area contributed by atoms with Crippen LogP contribution < -0.4 is 4.74 Å². The molecule has 0 saturated heterocycles. The third-order valence-electron chi connectivity index (χ3n) is 1.89. The molecule has 16 heavy (non-hydrogen) atoms. The van der Waals surface area contributed by atoms with Crippen LogP contribution in [0.5, 0.6) is 5.75 Å². The first-order chi connectivity index (χ1) is 7.29. The molecule has 0 heterocycles. The van der Waals surface area contributed by atoms with Gasteiger partial charge in [0.1, 0.15) is 0 Å². The van der Waals surface area contributed by atoms with E-state index in [1.54, 1.807) is 0 Å². The largest absolute Gasteiger partial charge is 0.492 e. The van der Waals surface area contributed by atoms with E-state index in [4.69, 9.17) is 5.11 Å². The second-order valence-corrected chi connectivity index (χ2v) is 3.78. The lowest BCUT2D eigenvalue weighted by Crippen LogP contribution is -2.21. The summed E-state index contributed by atoms with van der Waals surface area (Å²) in [4.78, 5) is 0. The highest BCUT2D eigenvalue weighted by Gasteiger charge is 2.41. The van der Waals surface area contributed by atoms with Crippen LogP contribution in [0.4, 0.5) is 17.6 Å². The third-order valence-corrected chi connectivity index (χ3v) is 2.51. The lowest BCUT2D eigenvalue weighted by Gasteiger charge is -2.17. The lowest BCUT2D eigenvalue weighted by atomic mass is 10.1. The number of hydrogen-bond donors (Lipinski definition) is 1. The number of methoxy groups -OCH3 is 1. The number of benzene rings is 1. The van der Waals surface area contributed by atoms with Gasteiger partial charge in [0.05, 0.1) is 11.6 Å². The second kappa shape index (κ2) is 4.58. The molecular formula is C9H7BrF4O2. The number of rotatable bonds is 2. The molecule has 0 radical (unpaired) electrons. The van der Waals surface area contributed by atoms with Crippen molar-refractivity contribution in [3.8, 4) is 5.75 Å². The molecule has 0 saturated carbocycles. The minimum Gasteiger partial charge on any atom is -0.492 e. The molecule has 0 spiro atoms. The van der Waals surface area contributed by atoms with Crippen LogP contribution in [0.25, 0.3) is 0 Å². The van der Waals surface area contributed by atoms with Gasteiger partial charge in [0.25, 0.3) is 0 Å². The molecule has 1 aromatic rings. The summed E-state index contributed by atoms with van der Waals surface area (Å²) in [5.74, 6) is -1.61. The first kappa shape index (κ1) is 13.2. The molecule has 0 aliphatic carbocycles. The topological polar surface area (TPSA) is 29.5 Å². The highest BCUT2D eigenvalue weighted by atomic mass is 79.9. The normalized spacial score (nSPS) is 13.7. The maximum Gasteiger partial charge on any atom is 0.418 e. The SMILES string of the molecule is COc1c(Br)ccc(C(O)C(F)(F)F)c1F. The van der Waals surface area contributed by atoms with Crippen LogP contribution in [-0.4, -0.2) is 18.4 Å². The second-order valence-electron chi connectivity index (χ2n) is 2.93. The van der Waals surface area contributed by atoms with Gasteiger partial charge in [-0.3, -0.25) is 0 Å². The van der Waals surface area contributed by atoms with Gasteiger partial charge in [-0.1, -0.05) is 6.07 Å². The Morgan fingerprint density at radius 2 is 1.94 bits per heavy atom. The Balaban J connectivity index is 3.26.